The second-order valence-corrected chi connectivity index (χ2v) is 1.15. The van der Waals surface area contributed by atoms with Gasteiger partial charge in [0.2, 0.25) is 0 Å². The first-order valence-corrected chi connectivity index (χ1v) is 3.53. The topological polar surface area (TPSA) is 199 Å². The van der Waals surface area contributed by atoms with Gasteiger partial charge in [0, 0.05) is 26.2 Å². The van der Waals surface area contributed by atoms with Crippen LogP contribution in [0.2, 0.25) is 0 Å². The van der Waals surface area contributed by atoms with E-state index < -0.39 is 0 Å². The summed E-state index contributed by atoms with van der Waals surface area (Å²) in [6.07, 6.45) is 0. The zero-order valence-electron chi connectivity index (χ0n) is 9.83. The van der Waals surface area contributed by atoms with Crippen LogP contribution < -0.4 is 22.9 Å². The maximum Gasteiger partial charge on any atom is 2.00 e. The Morgan fingerprint density at radius 3 is 0.526 bits per heavy atom. The molecule has 8 nitrogen and oxygen atoms in total. The van der Waals surface area contributed by atoms with Crippen LogP contribution in [0.4, 0.5) is 0 Å². The molecule has 8 N–H and O–H groups in total. The predicted molar refractivity (Wildman–Crippen MR) is 56.1 cm³/mol. The summed E-state index contributed by atoms with van der Waals surface area (Å²) >= 11 is 0. The van der Waals surface area contributed by atoms with Gasteiger partial charge in [0.05, 0.1) is 0 Å². The van der Waals surface area contributed by atoms with Gasteiger partial charge in [-0.15, -0.1) is 0 Å². The van der Waals surface area contributed by atoms with Gasteiger partial charge in [0.1, 0.15) is 0 Å². The summed E-state index contributed by atoms with van der Waals surface area (Å²) in [6.45, 7) is 21.4. The van der Waals surface area contributed by atoms with E-state index in [1.165, 1.54) is 0 Å². The van der Waals surface area contributed by atoms with Crippen molar-refractivity contribution < 1.29 is 61.8 Å². The average Bonchev–Trinajstić information content (AvgIpc) is 2.47. The fourth-order valence-corrected chi connectivity index (χ4v) is 0. The molecular weight excluding hydrogens is 666 g/mol. The molecule has 0 saturated heterocycles. The van der Waals surface area contributed by atoms with Gasteiger partial charge in [-0.1, -0.05) is 0 Å². The Morgan fingerprint density at radius 1 is 0.474 bits per heavy atom. The number of hydrogen-bond donors (Lipinski definition) is 4. The van der Waals surface area contributed by atoms with Crippen molar-refractivity contribution in [3.8, 4) is 0 Å². The molecule has 121 valence electrons. The van der Waals surface area contributed by atoms with E-state index in [1.54, 1.807) is 0 Å². The van der Waals surface area contributed by atoms with E-state index in [1.807, 2.05) is 0 Å². The zero-order chi connectivity index (χ0) is 14.8. The fourth-order valence-electron chi connectivity index (χ4n) is 0. The van der Waals surface area contributed by atoms with Crippen molar-refractivity contribution in [2.45, 2.75) is 0 Å². The largest absolute Gasteiger partial charge is 2.00 e. The number of nitrogens with two attached hydrogens (primary N) is 4. The van der Waals surface area contributed by atoms with E-state index >= 15 is 0 Å². The maximum absolute atomic E-state index is 6.25. The van der Waals surface area contributed by atoms with Crippen LogP contribution >= 0.6 is 0 Å². The molecule has 0 aromatic carbocycles. The molecule has 0 atom stereocenters. The van der Waals surface area contributed by atoms with Crippen LogP contribution in [0.5, 0.6) is 0 Å². The Kier molecular flexibility index (Phi) is 1140. The van der Waals surface area contributed by atoms with Crippen molar-refractivity contribution in [3.63, 3.8) is 0 Å². The third-order valence-corrected chi connectivity index (χ3v) is 0.333. The Hall–Kier alpha value is -0.200. The van der Waals surface area contributed by atoms with Crippen LogP contribution in [0, 0.1) is 47.3 Å². The van der Waals surface area contributed by atoms with Gasteiger partial charge in [-0.2, -0.15) is 0 Å². The Morgan fingerprint density at radius 2 is 0.526 bits per heavy atom. The second kappa shape index (κ2) is 348. The van der Waals surface area contributed by atoms with Gasteiger partial charge in [0.15, 0.2) is 0 Å². The van der Waals surface area contributed by atoms with E-state index in [0.717, 1.165) is 0 Å². The van der Waals surface area contributed by atoms with Crippen molar-refractivity contribution in [2.24, 2.45) is 22.9 Å². The summed E-state index contributed by atoms with van der Waals surface area (Å²) in [5.41, 5.74) is 19.6. The van der Waals surface area contributed by atoms with Crippen LogP contribution in [-0.2, 0) is 61.8 Å². The van der Waals surface area contributed by atoms with E-state index in [0.29, 0.717) is 26.2 Å². The molecule has 0 aromatic rings. The van der Waals surface area contributed by atoms with E-state index in [-0.39, 0.29) is 61.8 Å². The summed E-state index contributed by atoms with van der Waals surface area (Å²) in [5.74, 6) is 0. The summed E-state index contributed by atoms with van der Waals surface area (Å²) in [7, 11) is 0. The van der Waals surface area contributed by atoms with Crippen molar-refractivity contribution in [3.05, 3.63) is 26.3 Å². The van der Waals surface area contributed by atoms with Crippen molar-refractivity contribution in [1.82, 2.24) is 0 Å². The normalized spacial score (nSPS) is 3.58. The summed E-state index contributed by atoms with van der Waals surface area (Å²) in [5, 5.41) is 25.0. The van der Waals surface area contributed by atoms with Crippen LogP contribution in [0.25, 0.3) is 0 Å². The Bertz CT molecular complexity index is 108. The van der Waals surface area contributed by atoms with Gasteiger partial charge in [-0.25, -0.2) is 0 Å². The number of rotatable bonds is 2. The molecule has 0 aliphatic heterocycles. The minimum atomic E-state index is 0. The smallest absolute Gasteiger partial charge is 0.512 e. The number of hydrogen-bond acceptors (Lipinski definition) is 8. The van der Waals surface area contributed by atoms with Crippen LogP contribution in [0.3, 0.4) is 0 Å². The summed E-state index contributed by atoms with van der Waals surface area (Å²) < 4.78 is 0. The minimum Gasteiger partial charge on any atom is -0.512 e. The molecule has 0 amide bonds. The molecule has 0 rings (SSSR count). The molecule has 0 aliphatic rings. The van der Waals surface area contributed by atoms with Crippen molar-refractivity contribution in [2.75, 3.05) is 26.2 Å². The Labute approximate surface area is 157 Å². The zero-order valence-corrected chi connectivity index (χ0v) is 15.1. The monoisotopic (exact) mass is 681 g/mol. The third-order valence-electron chi connectivity index (χ3n) is 0.333. The SMILES string of the molecule is NCCN.NCCN.[Au+].[Au+].[C-]#N.[C-]#N.[C-]#N.[C-]#N.[Cu+2]. The van der Waals surface area contributed by atoms with Gasteiger partial charge < -0.3 is 70.3 Å². The number of nitrogens with zero attached hydrogens (tertiary/aromatic N) is 4. The molecule has 0 bridgehead atoms. The van der Waals surface area contributed by atoms with Gasteiger partial charge in [-0.3, -0.25) is 0 Å². The van der Waals surface area contributed by atoms with Crippen molar-refractivity contribution >= 4 is 0 Å². The molecule has 0 fully saturated rings. The van der Waals surface area contributed by atoms with Crippen LogP contribution in [-0.4, -0.2) is 26.2 Å². The standard InChI is InChI=1S/2C2H8N2.4CN.2Au.Cu/c2*3-1-2-4;4*1-2;;;/h2*1-4H2;;;;;;;/q;;4*-1;2*+1;+2. The van der Waals surface area contributed by atoms with E-state index in [4.69, 9.17) is 70.3 Å². The molecule has 0 aliphatic carbocycles. The van der Waals surface area contributed by atoms with E-state index in [2.05, 4.69) is 0 Å². The molecule has 11 heteroatoms. The minimum absolute atomic E-state index is 0. The quantitative estimate of drug-likeness (QED) is 0.193. The first-order chi connectivity index (χ1) is 7.83. The van der Waals surface area contributed by atoms with Crippen LogP contribution in [0.15, 0.2) is 0 Å². The van der Waals surface area contributed by atoms with Gasteiger partial charge in [-0.05, 0) is 0 Å². The molecule has 0 aromatic heterocycles. The third kappa shape index (κ3) is 1370. The Balaban J connectivity index is -0.00000000908. The summed E-state index contributed by atoms with van der Waals surface area (Å²) in [4.78, 5) is 0. The van der Waals surface area contributed by atoms with Gasteiger partial charge >= 0.3 is 61.8 Å². The molecule has 19 heavy (non-hydrogen) atoms. The molecule has 0 spiro atoms. The summed E-state index contributed by atoms with van der Waals surface area (Å²) in [6, 6.07) is 0. The maximum atomic E-state index is 6.25. The first-order valence-electron chi connectivity index (χ1n) is 3.53. The van der Waals surface area contributed by atoms with Crippen LogP contribution in [0.1, 0.15) is 0 Å². The first kappa shape index (κ1) is 62.0. The molecule has 0 unspecified atom stereocenters. The van der Waals surface area contributed by atoms with E-state index in [9.17, 15) is 0 Å². The fraction of sp³-hybridized carbons (Fsp3) is 0.500. The predicted octanol–water partition coefficient (Wildman–Crippen LogP) is -1.81. The molecular formula is C8H16Au2CuN8. The van der Waals surface area contributed by atoms with Gasteiger partial charge in [0.25, 0.3) is 0 Å². The van der Waals surface area contributed by atoms with Crippen molar-refractivity contribution in [1.29, 1.82) is 21.0 Å². The molecule has 1 radical (unpaired) electrons. The second-order valence-electron chi connectivity index (χ2n) is 1.15. The molecule has 0 heterocycles. The average molecular weight is 682 g/mol. The molecule has 0 saturated carbocycles.